The van der Waals surface area contributed by atoms with E-state index in [4.69, 9.17) is 9.97 Å². The molecule has 0 aliphatic heterocycles. The van der Waals surface area contributed by atoms with E-state index in [1.165, 1.54) is 54.2 Å². The van der Waals surface area contributed by atoms with Gasteiger partial charge in [-0.3, -0.25) is 0 Å². The average Bonchev–Trinajstić information content (AvgIpc) is 3.75. The van der Waals surface area contributed by atoms with Gasteiger partial charge in [-0.15, -0.1) is 0 Å². The molecule has 0 bridgehead atoms. The number of nitrogens with zero attached hydrogens (tertiary/aromatic N) is 3. The molecule has 0 aliphatic carbocycles. The van der Waals surface area contributed by atoms with Crippen LogP contribution < -0.4 is 0 Å². The lowest BCUT2D eigenvalue weighted by Crippen LogP contribution is -1.99. The Labute approximate surface area is 388 Å². The van der Waals surface area contributed by atoms with Crippen molar-refractivity contribution >= 4 is 54.1 Å². The molecule has 3 heteroatoms. The van der Waals surface area contributed by atoms with Crippen LogP contribution in [0.5, 0.6) is 0 Å². The second-order valence-electron chi connectivity index (χ2n) is 17.2. The van der Waals surface area contributed by atoms with Crippen LogP contribution in [-0.2, 0) is 0 Å². The number of hydrogen-bond donors (Lipinski definition) is 0. The zero-order valence-electron chi connectivity index (χ0n) is 36.5. The lowest BCUT2D eigenvalue weighted by Gasteiger charge is -2.17. The summed E-state index contributed by atoms with van der Waals surface area (Å²) < 4.78 is 2.41. The van der Waals surface area contributed by atoms with E-state index < -0.39 is 0 Å². The summed E-state index contributed by atoms with van der Waals surface area (Å²) in [4.78, 5) is 11.0. The highest BCUT2D eigenvalue weighted by Crippen LogP contribution is 2.44. The fraction of sp³-hybridized carbons (Fsp3) is 0. The summed E-state index contributed by atoms with van der Waals surface area (Å²) in [6.07, 6.45) is 0. The Morgan fingerprint density at radius 1 is 0.284 bits per heavy atom. The maximum atomic E-state index is 5.51. The standard InChI is InChI=1S/C64H41N3/c1-3-18-42(19-4-1)48-24-11-13-28-52(48)59-41-60(53-29-14-12-27-51(53)56-31-17-32-57-54-30-15-16-33-61(54)67(63(56)57)47-22-5-2-6-23-47)66-64(65-59)45-36-34-44(35-37-45)62-50-26-10-8-21-46(50)40-58-49-25-9-7-20-43(49)38-39-55(58)62/h1-41H. The summed E-state index contributed by atoms with van der Waals surface area (Å²) in [5.41, 5.74) is 15.1. The summed E-state index contributed by atoms with van der Waals surface area (Å²) in [5, 5.41) is 9.88. The first-order chi connectivity index (χ1) is 33.2. The Morgan fingerprint density at radius 2 is 0.836 bits per heavy atom. The van der Waals surface area contributed by atoms with Crippen molar-refractivity contribution in [1.29, 1.82) is 0 Å². The van der Waals surface area contributed by atoms with E-state index in [0.29, 0.717) is 5.82 Å². The van der Waals surface area contributed by atoms with Crippen LogP contribution in [0.4, 0.5) is 0 Å². The molecule has 0 amide bonds. The average molecular weight is 852 g/mol. The topological polar surface area (TPSA) is 30.7 Å². The van der Waals surface area contributed by atoms with Gasteiger partial charge >= 0.3 is 0 Å². The molecule has 0 N–H and O–H groups in total. The maximum absolute atomic E-state index is 5.51. The molecular weight excluding hydrogens is 811 g/mol. The van der Waals surface area contributed by atoms with Gasteiger partial charge in [0.25, 0.3) is 0 Å². The van der Waals surface area contributed by atoms with Gasteiger partial charge in [0.05, 0.1) is 22.4 Å². The van der Waals surface area contributed by atoms with Crippen molar-refractivity contribution in [2.24, 2.45) is 0 Å². The highest BCUT2D eigenvalue weighted by molar-refractivity contribution is 6.20. The molecule has 11 aromatic carbocycles. The molecule has 0 spiro atoms. The highest BCUT2D eigenvalue weighted by Gasteiger charge is 2.21. The molecule has 0 saturated carbocycles. The molecule has 3 nitrogen and oxygen atoms in total. The first kappa shape index (κ1) is 38.5. The monoisotopic (exact) mass is 851 g/mol. The van der Waals surface area contributed by atoms with E-state index in [9.17, 15) is 0 Å². The van der Waals surface area contributed by atoms with Crippen LogP contribution in [0.15, 0.2) is 249 Å². The quantitative estimate of drug-likeness (QED) is 0.118. The fourth-order valence-corrected chi connectivity index (χ4v) is 10.4. The van der Waals surface area contributed by atoms with Gasteiger partial charge < -0.3 is 4.57 Å². The van der Waals surface area contributed by atoms with Gasteiger partial charge in [0.15, 0.2) is 5.82 Å². The molecule has 0 fully saturated rings. The Kier molecular flexibility index (Phi) is 9.17. The molecule has 0 unspecified atom stereocenters. The van der Waals surface area contributed by atoms with Crippen LogP contribution in [0.3, 0.4) is 0 Å². The first-order valence-electron chi connectivity index (χ1n) is 22.9. The number of rotatable bonds is 7. The Morgan fingerprint density at radius 3 is 1.60 bits per heavy atom. The molecule has 0 saturated heterocycles. The predicted octanol–water partition coefficient (Wildman–Crippen LogP) is 17.0. The van der Waals surface area contributed by atoms with E-state index in [2.05, 4.69) is 253 Å². The third kappa shape index (κ3) is 6.51. The Bertz CT molecular complexity index is 4020. The third-order valence-electron chi connectivity index (χ3n) is 13.4. The number of para-hydroxylation sites is 3. The van der Waals surface area contributed by atoms with Crippen molar-refractivity contribution in [3.8, 4) is 73.0 Å². The first-order valence-corrected chi connectivity index (χ1v) is 22.9. The van der Waals surface area contributed by atoms with E-state index in [1.54, 1.807) is 0 Å². The van der Waals surface area contributed by atoms with Crippen LogP contribution in [0.25, 0.3) is 127 Å². The predicted molar refractivity (Wildman–Crippen MR) is 282 cm³/mol. The van der Waals surface area contributed by atoms with Crippen molar-refractivity contribution in [3.05, 3.63) is 249 Å². The zero-order chi connectivity index (χ0) is 44.3. The van der Waals surface area contributed by atoms with Gasteiger partial charge in [0, 0.05) is 38.7 Å². The summed E-state index contributed by atoms with van der Waals surface area (Å²) in [5.74, 6) is 0.669. The van der Waals surface area contributed by atoms with E-state index in [-0.39, 0.29) is 0 Å². The number of benzene rings is 11. The molecule has 2 aromatic heterocycles. The number of fused-ring (bicyclic) bond motifs is 7. The molecule has 0 aliphatic rings. The molecule has 0 atom stereocenters. The van der Waals surface area contributed by atoms with E-state index >= 15 is 0 Å². The van der Waals surface area contributed by atoms with Gasteiger partial charge in [-0.05, 0) is 90.5 Å². The molecular formula is C64H41N3. The highest BCUT2D eigenvalue weighted by atomic mass is 15.0. The molecule has 13 rings (SSSR count). The van der Waals surface area contributed by atoms with E-state index in [1.807, 2.05) is 0 Å². The van der Waals surface area contributed by atoms with Gasteiger partial charge in [0.2, 0.25) is 0 Å². The summed E-state index contributed by atoms with van der Waals surface area (Å²) in [6.45, 7) is 0. The van der Waals surface area contributed by atoms with Crippen molar-refractivity contribution in [2.75, 3.05) is 0 Å². The molecule has 0 radical (unpaired) electrons. The van der Waals surface area contributed by atoms with Gasteiger partial charge in [-0.2, -0.15) is 0 Å². The minimum Gasteiger partial charge on any atom is -0.309 e. The second-order valence-corrected chi connectivity index (χ2v) is 17.2. The van der Waals surface area contributed by atoms with Crippen LogP contribution >= 0.6 is 0 Å². The van der Waals surface area contributed by atoms with Crippen LogP contribution in [0, 0.1) is 0 Å². The van der Waals surface area contributed by atoms with Gasteiger partial charge in [0.1, 0.15) is 0 Å². The van der Waals surface area contributed by atoms with Gasteiger partial charge in [-0.25, -0.2) is 9.97 Å². The second kappa shape index (κ2) is 16.0. The maximum Gasteiger partial charge on any atom is 0.160 e. The third-order valence-corrected chi connectivity index (χ3v) is 13.4. The van der Waals surface area contributed by atoms with Crippen molar-refractivity contribution in [1.82, 2.24) is 14.5 Å². The van der Waals surface area contributed by atoms with Gasteiger partial charge in [-0.1, -0.05) is 218 Å². The van der Waals surface area contributed by atoms with E-state index in [0.717, 1.165) is 67.1 Å². The minimum atomic E-state index is 0.669. The molecule has 312 valence electrons. The summed E-state index contributed by atoms with van der Waals surface area (Å²) in [6, 6.07) is 89.3. The molecule has 67 heavy (non-hydrogen) atoms. The van der Waals surface area contributed by atoms with Crippen molar-refractivity contribution < 1.29 is 0 Å². The van der Waals surface area contributed by atoms with Crippen LogP contribution in [0.2, 0.25) is 0 Å². The molecule has 2 heterocycles. The Hall–Kier alpha value is -8.92. The fourth-order valence-electron chi connectivity index (χ4n) is 10.4. The normalized spacial score (nSPS) is 11.6. The number of hydrogen-bond acceptors (Lipinski definition) is 2. The zero-order valence-corrected chi connectivity index (χ0v) is 36.5. The van der Waals surface area contributed by atoms with Crippen molar-refractivity contribution in [2.45, 2.75) is 0 Å². The SMILES string of the molecule is c1ccc(-c2ccccc2-c2cc(-c3ccccc3-c3cccc4c5ccccc5n(-c5ccccc5)c34)nc(-c3ccc(-c4c5ccccc5cc5c4ccc4ccccc45)cc3)n2)cc1. The van der Waals surface area contributed by atoms with Crippen LogP contribution in [0.1, 0.15) is 0 Å². The smallest absolute Gasteiger partial charge is 0.160 e. The lowest BCUT2D eigenvalue weighted by molar-refractivity contribution is 1.18. The largest absolute Gasteiger partial charge is 0.309 e. The number of aromatic nitrogens is 3. The molecule has 13 aromatic rings. The Balaban J connectivity index is 1.02. The lowest BCUT2D eigenvalue weighted by atomic mass is 9.89. The summed E-state index contributed by atoms with van der Waals surface area (Å²) in [7, 11) is 0. The summed E-state index contributed by atoms with van der Waals surface area (Å²) >= 11 is 0. The van der Waals surface area contributed by atoms with Crippen LogP contribution in [-0.4, -0.2) is 14.5 Å². The minimum absolute atomic E-state index is 0.669. The van der Waals surface area contributed by atoms with Crippen molar-refractivity contribution in [3.63, 3.8) is 0 Å².